The van der Waals surface area contributed by atoms with Crippen LogP contribution in [-0.4, -0.2) is 24.5 Å². The highest BCUT2D eigenvalue weighted by Gasteiger charge is 2.30. The van der Waals surface area contributed by atoms with E-state index in [1.807, 2.05) is 0 Å². The molecular formula is C14H27ClN2O. The quantitative estimate of drug-likeness (QED) is 0.812. The van der Waals surface area contributed by atoms with Crippen LogP contribution in [0.3, 0.4) is 0 Å². The molecular weight excluding hydrogens is 248 g/mol. The molecule has 0 aromatic rings. The van der Waals surface area contributed by atoms with E-state index >= 15 is 0 Å². The molecule has 0 radical (unpaired) electrons. The fourth-order valence-corrected chi connectivity index (χ4v) is 3.14. The molecule has 0 spiro atoms. The Kier molecular flexibility index (Phi) is 6.44. The molecule has 1 aliphatic heterocycles. The number of carbonyl (C=O) groups is 1. The molecule has 3 nitrogen and oxygen atoms in total. The first-order chi connectivity index (χ1) is 8.18. The maximum Gasteiger partial charge on any atom is 0.237 e. The summed E-state index contributed by atoms with van der Waals surface area (Å²) in [5, 5.41) is 6.59. The van der Waals surface area contributed by atoms with Crippen molar-refractivity contribution in [2.75, 3.05) is 6.54 Å². The van der Waals surface area contributed by atoms with E-state index in [2.05, 4.69) is 24.5 Å². The lowest BCUT2D eigenvalue weighted by Crippen LogP contribution is -2.52. The van der Waals surface area contributed by atoms with Crippen LogP contribution in [0.2, 0.25) is 0 Å². The van der Waals surface area contributed by atoms with Crippen LogP contribution in [0, 0.1) is 11.8 Å². The van der Waals surface area contributed by atoms with Gasteiger partial charge in [-0.15, -0.1) is 12.4 Å². The molecule has 106 valence electrons. The summed E-state index contributed by atoms with van der Waals surface area (Å²) < 4.78 is 0. The van der Waals surface area contributed by atoms with Gasteiger partial charge in [0, 0.05) is 6.04 Å². The highest BCUT2D eigenvalue weighted by atomic mass is 35.5. The van der Waals surface area contributed by atoms with Crippen LogP contribution in [0.15, 0.2) is 0 Å². The molecule has 1 heterocycles. The van der Waals surface area contributed by atoms with Gasteiger partial charge in [-0.05, 0) is 37.6 Å². The van der Waals surface area contributed by atoms with E-state index in [1.54, 1.807) is 0 Å². The summed E-state index contributed by atoms with van der Waals surface area (Å²) in [7, 11) is 0. The van der Waals surface area contributed by atoms with Crippen molar-refractivity contribution >= 4 is 18.3 Å². The monoisotopic (exact) mass is 274 g/mol. The van der Waals surface area contributed by atoms with E-state index in [-0.39, 0.29) is 24.4 Å². The number of hydrogen-bond acceptors (Lipinski definition) is 2. The lowest BCUT2D eigenvalue weighted by Gasteiger charge is -2.36. The van der Waals surface area contributed by atoms with Crippen LogP contribution < -0.4 is 10.6 Å². The van der Waals surface area contributed by atoms with Gasteiger partial charge in [-0.3, -0.25) is 4.79 Å². The number of hydrogen-bond donors (Lipinski definition) is 2. The minimum absolute atomic E-state index is 0. The van der Waals surface area contributed by atoms with Gasteiger partial charge in [-0.2, -0.15) is 0 Å². The molecule has 2 N–H and O–H groups in total. The summed E-state index contributed by atoms with van der Waals surface area (Å²) in [6, 6.07) is 0.461. The Hall–Kier alpha value is -0.280. The van der Waals surface area contributed by atoms with E-state index in [0.717, 1.165) is 25.3 Å². The topological polar surface area (TPSA) is 41.1 Å². The number of carbonyl (C=O) groups excluding carboxylic acids is 1. The number of piperidine rings is 1. The molecule has 0 aromatic heterocycles. The van der Waals surface area contributed by atoms with Gasteiger partial charge >= 0.3 is 0 Å². The summed E-state index contributed by atoms with van der Waals surface area (Å²) in [4.78, 5) is 12.1. The Morgan fingerprint density at radius 1 is 1.11 bits per heavy atom. The maximum absolute atomic E-state index is 12.1. The molecule has 0 aromatic carbocycles. The summed E-state index contributed by atoms with van der Waals surface area (Å²) in [5.74, 6) is 1.60. The zero-order chi connectivity index (χ0) is 12.3. The smallest absolute Gasteiger partial charge is 0.237 e. The number of amides is 1. The van der Waals surface area contributed by atoms with E-state index < -0.39 is 0 Å². The standard InChI is InChI=1S/C14H26N2O.ClH/c1-10-6-5-8-12(11(10)2)16-14(17)13-7-3-4-9-15-13;/h10-13,15H,3-9H2,1-2H3,(H,16,17);1H/t10?,11?,12?,13-;/m1./s1. The van der Waals surface area contributed by atoms with Crippen LogP contribution in [0.1, 0.15) is 52.4 Å². The van der Waals surface area contributed by atoms with E-state index in [0.29, 0.717) is 12.0 Å². The van der Waals surface area contributed by atoms with Crippen LogP contribution in [0.5, 0.6) is 0 Å². The Bertz CT molecular complexity index is 267. The molecule has 4 heteroatoms. The van der Waals surface area contributed by atoms with Crippen molar-refractivity contribution in [3.8, 4) is 0 Å². The van der Waals surface area contributed by atoms with E-state index in [9.17, 15) is 4.79 Å². The minimum atomic E-state index is 0. The van der Waals surface area contributed by atoms with Crippen LogP contribution >= 0.6 is 12.4 Å². The SMILES string of the molecule is CC1CCCC(NC(=O)[C@H]2CCCCN2)C1C.Cl. The number of halogens is 1. The molecule has 1 saturated heterocycles. The van der Waals surface area contributed by atoms with Gasteiger partial charge in [0.2, 0.25) is 5.91 Å². The van der Waals surface area contributed by atoms with Crippen molar-refractivity contribution in [3.63, 3.8) is 0 Å². The number of nitrogens with one attached hydrogen (secondary N) is 2. The van der Waals surface area contributed by atoms with Gasteiger partial charge in [-0.25, -0.2) is 0 Å². The average molecular weight is 275 g/mol. The van der Waals surface area contributed by atoms with Crippen LogP contribution in [-0.2, 0) is 4.79 Å². The zero-order valence-electron chi connectivity index (χ0n) is 11.6. The lowest BCUT2D eigenvalue weighted by atomic mass is 9.78. The largest absolute Gasteiger partial charge is 0.352 e. The third-order valence-electron chi connectivity index (χ3n) is 4.66. The second-order valence-electron chi connectivity index (χ2n) is 5.88. The Balaban J connectivity index is 0.00000162. The average Bonchev–Trinajstić information content (AvgIpc) is 2.36. The fraction of sp³-hybridized carbons (Fsp3) is 0.929. The first-order valence-electron chi connectivity index (χ1n) is 7.22. The van der Waals surface area contributed by atoms with Crippen molar-refractivity contribution < 1.29 is 4.79 Å². The molecule has 1 amide bonds. The molecule has 1 aliphatic carbocycles. The van der Waals surface area contributed by atoms with Crippen molar-refractivity contribution in [3.05, 3.63) is 0 Å². The van der Waals surface area contributed by atoms with E-state index in [4.69, 9.17) is 0 Å². The predicted molar refractivity (Wildman–Crippen MR) is 77.0 cm³/mol. The van der Waals surface area contributed by atoms with Crippen LogP contribution in [0.4, 0.5) is 0 Å². The third-order valence-corrected chi connectivity index (χ3v) is 4.66. The minimum Gasteiger partial charge on any atom is -0.352 e. The van der Waals surface area contributed by atoms with Gasteiger partial charge in [0.05, 0.1) is 6.04 Å². The molecule has 18 heavy (non-hydrogen) atoms. The first kappa shape index (κ1) is 15.8. The van der Waals surface area contributed by atoms with E-state index in [1.165, 1.54) is 25.7 Å². The van der Waals surface area contributed by atoms with Crippen molar-refractivity contribution in [1.29, 1.82) is 0 Å². The molecule has 1 saturated carbocycles. The first-order valence-corrected chi connectivity index (χ1v) is 7.22. The Morgan fingerprint density at radius 2 is 1.89 bits per heavy atom. The lowest BCUT2D eigenvalue weighted by molar-refractivity contribution is -0.125. The summed E-state index contributed by atoms with van der Waals surface area (Å²) >= 11 is 0. The molecule has 0 bridgehead atoms. The highest BCUT2D eigenvalue weighted by Crippen LogP contribution is 2.29. The Morgan fingerprint density at radius 3 is 2.56 bits per heavy atom. The normalized spacial score (nSPS) is 36.6. The highest BCUT2D eigenvalue weighted by molar-refractivity contribution is 5.85. The Labute approximate surface area is 117 Å². The summed E-state index contributed by atoms with van der Waals surface area (Å²) in [6.07, 6.45) is 7.12. The van der Waals surface area contributed by atoms with Crippen molar-refractivity contribution in [2.24, 2.45) is 11.8 Å². The van der Waals surface area contributed by atoms with Crippen molar-refractivity contribution in [2.45, 2.75) is 64.5 Å². The van der Waals surface area contributed by atoms with Crippen molar-refractivity contribution in [1.82, 2.24) is 10.6 Å². The van der Waals surface area contributed by atoms with Gasteiger partial charge in [-0.1, -0.05) is 33.1 Å². The fourth-order valence-electron chi connectivity index (χ4n) is 3.14. The molecule has 3 unspecified atom stereocenters. The second kappa shape index (κ2) is 7.34. The molecule has 4 atom stereocenters. The second-order valence-corrected chi connectivity index (χ2v) is 5.88. The molecule has 2 fully saturated rings. The van der Waals surface area contributed by atoms with Gasteiger partial charge in [0.1, 0.15) is 0 Å². The van der Waals surface area contributed by atoms with Crippen LogP contribution in [0.25, 0.3) is 0 Å². The third kappa shape index (κ3) is 3.86. The number of rotatable bonds is 2. The van der Waals surface area contributed by atoms with Gasteiger partial charge in [0.25, 0.3) is 0 Å². The summed E-state index contributed by atoms with van der Waals surface area (Å²) in [6.45, 7) is 5.58. The maximum atomic E-state index is 12.1. The molecule has 2 rings (SSSR count). The zero-order valence-corrected chi connectivity index (χ0v) is 12.4. The predicted octanol–water partition coefficient (Wildman–Crippen LogP) is 2.49. The van der Waals surface area contributed by atoms with Gasteiger partial charge in [0.15, 0.2) is 0 Å². The summed E-state index contributed by atoms with van der Waals surface area (Å²) in [5.41, 5.74) is 0. The van der Waals surface area contributed by atoms with Gasteiger partial charge < -0.3 is 10.6 Å². The molecule has 2 aliphatic rings.